The molecule has 1 aliphatic heterocycles. The molecule has 1 atom stereocenters. The van der Waals surface area contributed by atoms with Gasteiger partial charge in [-0.15, -0.1) is 0 Å². The van der Waals surface area contributed by atoms with Gasteiger partial charge in [-0.25, -0.2) is 4.98 Å². The van der Waals surface area contributed by atoms with E-state index in [1.165, 1.54) is 12.8 Å². The lowest BCUT2D eigenvalue weighted by atomic mass is 10.1. The Hall–Kier alpha value is -0.980. The molecule has 0 saturated carbocycles. The Morgan fingerprint density at radius 2 is 2.05 bits per heavy atom. The highest BCUT2D eigenvalue weighted by Crippen LogP contribution is 2.11. The Morgan fingerprint density at radius 3 is 2.58 bits per heavy atom. The van der Waals surface area contributed by atoms with Gasteiger partial charge in [-0.05, 0) is 6.42 Å². The van der Waals surface area contributed by atoms with Crippen molar-refractivity contribution in [2.45, 2.75) is 32.4 Å². The Kier molecular flexibility index (Phi) is 5.30. The summed E-state index contributed by atoms with van der Waals surface area (Å²) in [7, 11) is 1.95. The standard InChI is InChI=1S/C13H26N6/c1-3-4-12(9-14)19-7-5-18(6-8-19)10-13-15-11-16-17(13)2/h11-12H,3-10,14H2,1-2H3. The predicted octanol–water partition coefficient (Wildman–Crippen LogP) is 0.0601. The molecule has 6 heteroatoms. The maximum absolute atomic E-state index is 5.88. The summed E-state index contributed by atoms with van der Waals surface area (Å²) in [6, 6.07) is 0.557. The quantitative estimate of drug-likeness (QED) is 0.789. The highest BCUT2D eigenvalue weighted by atomic mass is 15.3. The number of nitrogens with two attached hydrogens (primary N) is 1. The van der Waals surface area contributed by atoms with Crippen LogP contribution in [0.4, 0.5) is 0 Å². The van der Waals surface area contributed by atoms with E-state index in [1.807, 2.05) is 11.7 Å². The molecule has 2 N–H and O–H groups in total. The zero-order chi connectivity index (χ0) is 13.7. The molecule has 0 aromatic carbocycles. The van der Waals surface area contributed by atoms with Crippen molar-refractivity contribution in [1.29, 1.82) is 0 Å². The summed E-state index contributed by atoms with van der Waals surface area (Å²) >= 11 is 0. The Balaban J connectivity index is 1.80. The molecule has 0 aliphatic carbocycles. The minimum Gasteiger partial charge on any atom is -0.329 e. The lowest BCUT2D eigenvalue weighted by Gasteiger charge is -2.38. The van der Waals surface area contributed by atoms with Gasteiger partial charge in [0.15, 0.2) is 0 Å². The third-order valence-corrected chi connectivity index (χ3v) is 3.99. The maximum Gasteiger partial charge on any atom is 0.140 e. The molecule has 0 spiro atoms. The van der Waals surface area contributed by atoms with Gasteiger partial charge >= 0.3 is 0 Å². The Labute approximate surface area is 115 Å². The van der Waals surface area contributed by atoms with Crippen LogP contribution in [0.2, 0.25) is 0 Å². The Bertz CT molecular complexity index is 369. The summed E-state index contributed by atoms with van der Waals surface area (Å²) in [6.07, 6.45) is 4.04. The molecule has 19 heavy (non-hydrogen) atoms. The van der Waals surface area contributed by atoms with Gasteiger partial charge in [0.2, 0.25) is 0 Å². The summed E-state index contributed by atoms with van der Waals surface area (Å²) in [5.41, 5.74) is 5.88. The summed E-state index contributed by atoms with van der Waals surface area (Å²) < 4.78 is 1.85. The van der Waals surface area contributed by atoms with Gasteiger partial charge < -0.3 is 5.73 Å². The van der Waals surface area contributed by atoms with Gasteiger partial charge in [0.05, 0.1) is 6.54 Å². The van der Waals surface area contributed by atoms with Crippen LogP contribution in [0.5, 0.6) is 0 Å². The van der Waals surface area contributed by atoms with Crippen molar-refractivity contribution >= 4 is 0 Å². The number of rotatable bonds is 6. The first-order valence-corrected chi connectivity index (χ1v) is 7.24. The molecule has 1 aliphatic rings. The average molecular weight is 266 g/mol. The first kappa shape index (κ1) is 14.4. The van der Waals surface area contributed by atoms with E-state index in [0.717, 1.165) is 45.1 Å². The molecule has 108 valence electrons. The van der Waals surface area contributed by atoms with Crippen molar-refractivity contribution in [1.82, 2.24) is 24.6 Å². The molecule has 6 nitrogen and oxygen atoms in total. The fourth-order valence-corrected chi connectivity index (χ4v) is 2.73. The van der Waals surface area contributed by atoms with Crippen LogP contribution in [0.15, 0.2) is 6.33 Å². The van der Waals surface area contributed by atoms with E-state index in [4.69, 9.17) is 5.73 Å². The van der Waals surface area contributed by atoms with E-state index >= 15 is 0 Å². The molecular formula is C13H26N6. The molecule has 2 heterocycles. The summed E-state index contributed by atoms with van der Waals surface area (Å²) in [5.74, 6) is 1.04. The van der Waals surface area contributed by atoms with E-state index in [9.17, 15) is 0 Å². The van der Waals surface area contributed by atoms with Crippen molar-refractivity contribution in [2.24, 2.45) is 12.8 Å². The van der Waals surface area contributed by atoms with E-state index < -0.39 is 0 Å². The van der Waals surface area contributed by atoms with Crippen molar-refractivity contribution in [2.75, 3.05) is 32.7 Å². The molecule has 1 fully saturated rings. The highest BCUT2D eigenvalue weighted by Gasteiger charge is 2.22. The van der Waals surface area contributed by atoms with Gasteiger partial charge in [0.25, 0.3) is 0 Å². The Morgan fingerprint density at radius 1 is 1.32 bits per heavy atom. The molecule has 1 unspecified atom stereocenters. The SMILES string of the molecule is CCCC(CN)N1CCN(Cc2ncnn2C)CC1. The van der Waals surface area contributed by atoms with Crippen LogP contribution in [0.3, 0.4) is 0 Å². The highest BCUT2D eigenvalue weighted by molar-refractivity contribution is 4.86. The van der Waals surface area contributed by atoms with Gasteiger partial charge in [-0.3, -0.25) is 14.5 Å². The number of aromatic nitrogens is 3. The lowest BCUT2D eigenvalue weighted by Crippen LogP contribution is -2.52. The van der Waals surface area contributed by atoms with Crippen molar-refractivity contribution in [3.63, 3.8) is 0 Å². The topological polar surface area (TPSA) is 63.2 Å². The molecule has 2 rings (SSSR count). The number of aryl methyl sites for hydroxylation is 1. The summed E-state index contributed by atoms with van der Waals surface area (Å²) in [4.78, 5) is 9.27. The number of hydrogen-bond donors (Lipinski definition) is 1. The second-order valence-electron chi connectivity index (χ2n) is 5.29. The maximum atomic E-state index is 5.88. The van der Waals surface area contributed by atoms with Crippen LogP contribution in [-0.4, -0.2) is 63.3 Å². The smallest absolute Gasteiger partial charge is 0.140 e. The van der Waals surface area contributed by atoms with Crippen molar-refractivity contribution < 1.29 is 0 Å². The molecule has 0 bridgehead atoms. The van der Waals surface area contributed by atoms with Crippen molar-refractivity contribution in [3.05, 3.63) is 12.2 Å². The van der Waals surface area contributed by atoms with E-state index in [-0.39, 0.29) is 0 Å². The molecule has 1 saturated heterocycles. The van der Waals surface area contributed by atoms with Crippen molar-refractivity contribution in [3.8, 4) is 0 Å². The zero-order valence-electron chi connectivity index (χ0n) is 12.1. The normalized spacial score (nSPS) is 19.7. The third kappa shape index (κ3) is 3.75. The lowest BCUT2D eigenvalue weighted by molar-refractivity contribution is 0.0883. The van der Waals surface area contributed by atoms with Crippen LogP contribution in [0, 0.1) is 0 Å². The average Bonchev–Trinajstić information content (AvgIpc) is 2.83. The molecule has 0 radical (unpaired) electrons. The van der Waals surface area contributed by atoms with Crippen LogP contribution in [0.25, 0.3) is 0 Å². The predicted molar refractivity (Wildman–Crippen MR) is 75.6 cm³/mol. The fraction of sp³-hybridized carbons (Fsp3) is 0.846. The first-order chi connectivity index (χ1) is 9.24. The van der Waals surface area contributed by atoms with Crippen LogP contribution in [0.1, 0.15) is 25.6 Å². The minimum atomic E-state index is 0.557. The fourth-order valence-electron chi connectivity index (χ4n) is 2.73. The van der Waals surface area contributed by atoms with E-state index in [2.05, 4.69) is 26.8 Å². The molecule has 1 aromatic rings. The van der Waals surface area contributed by atoms with Gasteiger partial charge in [-0.1, -0.05) is 13.3 Å². The summed E-state index contributed by atoms with van der Waals surface area (Å²) in [6.45, 7) is 8.30. The largest absolute Gasteiger partial charge is 0.329 e. The number of hydrogen-bond acceptors (Lipinski definition) is 5. The van der Waals surface area contributed by atoms with Crippen LogP contribution < -0.4 is 5.73 Å². The molecular weight excluding hydrogens is 240 g/mol. The van der Waals surface area contributed by atoms with Crippen LogP contribution >= 0.6 is 0 Å². The van der Waals surface area contributed by atoms with Gasteiger partial charge in [-0.2, -0.15) is 5.10 Å². The van der Waals surface area contributed by atoms with Gasteiger partial charge in [0, 0.05) is 45.8 Å². The van der Waals surface area contributed by atoms with E-state index in [0.29, 0.717) is 6.04 Å². The van der Waals surface area contributed by atoms with E-state index in [1.54, 1.807) is 6.33 Å². The van der Waals surface area contributed by atoms with Crippen LogP contribution in [-0.2, 0) is 13.6 Å². The number of piperazine rings is 1. The first-order valence-electron chi connectivity index (χ1n) is 7.24. The second kappa shape index (κ2) is 6.98. The monoisotopic (exact) mass is 266 g/mol. The minimum absolute atomic E-state index is 0.557. The third-order valence-electron chi connectivity index (χ3n) is 3.99. The molecule has 1 aromatic heterocycles. The number of nitrogens with zero attached hydrogens (tertiary/aromatic N) is 5. The second-order valence-corrected chi connectivity index (χ2v) is 5.29. The zero-order valence-corrected chi connectivity index (χ0v) is 12.1. The van der Waals surface area contributed by atoms with Gasteiger partial charge in [0.1, 0.15) is 12.2 Å². The molecule has 0 amide bonds. The summed E-state index contributed by atoms with van der Waals surface area (Å²) in [5, 5.41) is 4.11.